The van der Waals surface area contributed by atoms with E-state index in [2.05, 4.69) is 16.5 Å². The van der Waals surface area contributed by atoms with Gasteiger partial charge in [0.05, 0.1) is 5.69 Å². The van der Waals surface area contributed by atoms with Crippen LogP contribution in [0.2, 0.25) is 0 Å². The van der Waals surface area contributed by atoms with Crippen molar-refractivity contribution in [3.8, 4) is 0 Å². The number of unbranched alkanes of at least 4 members (excludes halogenated alkanes) is 1. The second kappa shape index (κ2) is 6.01. The second-order valence-electron chi connectivity index (χ2n) is 5.21. The number of sulfonamides is 1. The fourth-order valence-corrected chi connectivity index (χ4v) is 3.28. The Bertz CT molecular complexity index is 568. The van der Waals surface area contributed by atoms with E-state index in [9.17, 15) is 8.42 Å². The highest BCUT2D eigenvalue weighted by Crippen LogP contribution is 2.36. The fraction of sp³-hybridized carbons (Fsp3) is 0.571. The van der Waals surface area contributed by atoms with Gasteiger partial charge in [-0.15, -0.1) is 0 Å². The standard InChI is InChI=1S/C14H23N3O2S/c1-3-4-9-17(12-6-7-12)13-8-5-11(15)10-14(13)20(18,19)16-2/h5,8,10,12,16H,3-4,6-7,9,15H2,1-2H3. The van der Waals surface area contributed by atoms with Crippen LogP contribution in [0.1, 0.15) is 32.6 Å². The topological polar surface area (TPSA) is 75.4 Å². The number of benzene rings is 1. The second-order valence-corrected chi connectivity index (χ2v) is 7.07. The van der Waals surface area contributed by atoms with Gasteiger partial charge in [-0.05, 0) is 44.5 Å². The molecule has 0 saturated heterocycles. The van der Waals surface area contributed by atoms with Crippen LogP contribution in [0.4, 0.5) is 11.4 Å². The predicted octanol–water partition coefficient (Wildman–Crippen LogP) is 1.95. The molecule has 3 N–H and O–H groups in total. The molecular formula is C14H23N3O2S. The average Bonchev–Trinajstić information content (AvgIpc) is 3.25. The summed E-state index contributed by atoms with van der Waals surface area (Å²) in [4.78, 5) is 2.50. The Morgan fingerprint density at radius 3 is 2.65 bits per heavy atom. The van der Waals surface area contributed by atoms with Crippen molar-refractivity contribution < 1.29 is 8.42 Å². The molecule has 0 aromatic heterocycles. The molecule has 0 aliphatic heterocycles. The minimum absolute atomic E-state index is 0.281. The first-order valence-electron chi connectivity index (χ1n) is 7.09. The monoisotopic (exact) mass is 297 g/mol. The Balaban J connectivity index is 2.43. The third-order valence-corrected chi connectivity index (χ3v) is 5.04. The summed E-state index contributed by atoms with van der Waals surface area (Å²) in [6.45, 7) is 3.02. The maximum atomic E-state index is 12.2. The summed E-state index contributed by atoms with van der Waals surface area (Å²) < 4.78 is 26.8. The Morgan fingerprint density at radius 2 is 2.10 bits per heavy atom. The zero-order valence-electron chi connectivity index (χ0n) is 12.1. The molecule has 0 heterocycles. The highest BCUT2D eigenvalue weighted by Gasteiger charge is 2.32. The van der Waals surface area contributed by atoms with Crippen molar-refractivity contribution in [2.45, 2.75) is 43.5 Å². The van der Waals surface area contributed by atoms with Crippen molar-refractivity contribution in [1.29, 1.82) is 0 Å². The summed E-state index contributed by atoms with van der Waals surface area (Å²) in [5.74, 6) is 0. The summed E-state index contributed by atoms with van der Waals surface area (Å²) in [6.07, 6.45) is 4.41. The van der Waals surface area contributed by atoms with Gasteiger partial charge in [-0.1, -0.05) is 13.3 Å². The van der Waals surface area contributed by atoms with Crippen LogP contribution < -0.4 is 15.4 Å². The van der Waals surface area contributed by atoms with E-state index in [0.717, 1.165) is 37.9 Å². The number of rotatable bonds is 7. The van der Waals surface area contributed by atoms with Gasteiger partial charge in [0.1, 0.15) is 4.90 Å². The van der Waals surface area contributed by atoms with E-state index in [1.807, 2.05) is 6.07 Å². The lowest BCUT2D eigenvalue weighted by Gasteiger charge is -2.27. The zero-order valence-corrected chi connectivity index (χ0v) is 12.9. The number of nitrogens with two attached hydrogens (primary N) is 1. The van der Waals surface area contributed by atoms with Gasteiger partial charge in [-0.25, -0.2) is 13.1 Å². The van der Waals surface area contributed by atoms with Gasteiger partial charge in [-0.2, -0.15) is 0 Å². The molecule has 112 valence electrons. The van der Waals surface area contributed by atoms with Crippen LogP contribution in [-0.2, 0) is 10.0 Å². The number of nitrogen functional groups attached to an aromatic ring is 1. The van der Waals surface area contributed by atoms with Gasteiger partial charge >= 0.3 is 0 Å². The summed E-state index contributed by atoms with van der Waals surface area (Å²) >= 11 is 0. The lowest BCUT2D eigenvalue weighted by molar-refractivity contribution is 0.587. The maximum absolute atomic E-state index is 12.2. The molecule has 0 atom stereocenters. The molecule has 0 spiro atoms. The minimum atomic E-state index is -3.50. The Labute approximate surface area is 121 Å². The molecule has 1 aromatic carbocycles. The molecule has 1 aliphatic rings. The lowest BCUT2D eigenvalue weighted by atomic mass is 10.2. The van der Waals surface area contributed by atoms with Crippen LogP contribution in [0, 0.1) is 0 Å². The van der Waals surface area contributed by atoms with Crippen LogP contribution in [0.15, 0.2) is 23.1 Å². The quantitative estimate of drug-likeness (QED) is 0.754. The molecule has 1 saturated carbocycles. The van der Waals surface area contributed by atoms with Gasteiger partial charge in [0, 0.05) is 18.3 Å². The van der Waals surface area contributed by atoms with Gasteiger partial charge < -0.3 is 10.6 Å². The Morgan fingerprint density at radius 1 is 1.40 bits per heavy atom. The van der Waals surface area contributed by atoms with E-state index in [0.29, 0.717) is 11.7 Å². The van der Waals surface area contributed by atoms with Crippen molar-refractivity contribution in [2.75, 3.05) is 24.2 Å². The third-order valence-electron chi connectivity index (χ3n) is 3.59. The number of nitrogens with zero attached hydrogens (tertiary/aromatic N) is 1. The predicted molar refractivity (Wildman–Crippen MR) is 82.4 cm³/mol. The number of hydrogen-bond acceptors (Lipinski definition) is 4. The van der Waals surface area contributed by atoms with Crippen LogP contribution >= 0.6 is 0 Å². The smallest absolute Gasteiger partial charge is 0.242 e. The molecule has 20 heavy (non-hydrogen) atoms. The first kappa shape index (κ1) is 15.1. The van der Waals surface area contributed by atoms with E-state index >= 15 is 0 Å². The first-order valence-corrected chi connectivity index (χ1v) is 8.57. The van der Waals surface area contributed by atoms with E-state index in [4.69, 9.17) is 5.73 Å². The van der Waals surface area contributed by atoms with Crippen molar-refractivity contribution in [1.82, 2.24) is 4.72 Å². The maximum Gasteiger partial charge on any atom is 0.242 e. The molecule has 1 aliphatic carbocycles. The van der Waals surface area contributed by atoms with Crippen molar-refractivity contribution in [2.24, 2.45) is 0 Å². The van der Waals surface area contributed by atoms with Gasteiger partial charge in [0.15, 0.2) is 0 Å². The van der Waals surface area contributed by atoms with E-state index in [1.165, 1.54) is 7.05 Å². The molecule has 2 rings (SSSR count). The van der Waals surface area contributed by atoms with Gasteiger partial charge in [-0.3, -0.25) is 0 Å². The van der Waals surface area contributed by atoms with Crippen LogP contribution in [0.25, 0.3) is 0 Å². The normalized spacial score (nSPS) is 15.3. The number of anilines is 2. The third kappa shape index (κ3) is 3.24. The van der Waals surface area contributed by atoms with Crippen molar-refractivity contribution >= 4 is 21.4 Å². The van der Waals surface area contributed by atoms with Crippen LogP contribution in [0.5, 0.6) is 0 Å². The summed E-state index contributed by atoms with van der Waals surface area (Å²) in [5.41, 5.74) is 6.99. The van der Waals surface area contributed by atoms with Crippen molar-refractivity contribution in [3.05, 3.63) is 18.2 Å². The Hall–Kier alpha value is -1.27. The minimum Gasteiger partial charge on any atom is -0.399 e. The first-order chi connectivity index (χ1) is 9.49. The molecular weight excluding hydrogens is 274 g/mol. The number of nitrogens with one attached hydrogen (secondary N) is 1. The molecule has 6 heteroatoms. The summed E-state index contributed by atoms with van der Waals surface area (Å²) in [5, 5.41) is 0. The molecule has 0 amide bonds. The molecule has 1 fully saturated rings. The largest absolute Gasteiger partial charge is 0.399 e. The molecule has 0 unspecified atom stereocenters. The van der Waals surface area contributed by atoms with E-state index in [-0.39, 0.29) is 4.90 Å². The molecule has 0 radical (unpaired) electrons. The number of hydrogen-bond donors (Lipinski definition) is 2. The Kier molecular flexibility index (Phi) is 4.55. The average molecular weight is 297 g/mol. The van der Waals surface area contributed by atoms with Gasteiger partial charge in [0.2, 0.25) is 10.0 Å². The van der Waals surface area contributed by atoms with Crippen molar-refractivity contribution in [3.63, 3.8) is 0 Å². The highest BCUT2D eigenvalue weighted by atomic mass is 32.2. The zero-order chi connectivity index (χ0) is 14.8. The SMILES string of the molecule is CCCCN(c1ccc(N)cc1S(=O)(=O)NC)C1CC1. The lowest BCUT2D eigenvalue weighted by Crippen LogP contribution is -2.30. The summed E-state index contributed by atoms with van der Waals surface area (Å²) in [6, 6.07) is 5.61. The fourth-order valence-electron chi connectivity index (χ4n) is 2.31. The van der Waals surface area contributed by atoms with E-state index < -0.39 is 10.0 Å². The molecule has 1 aromatic rings. The summed E-state index contributed by atoms with van der Waals surface area (Å²) in [7, 11) is -2.07. The van der Waals surface area contributed by atoms with Crippen LogP contribution in [-0.4, -0.2) is 28.1 Å². The van der Waals surface area contributed by atoms with Gasteiger partial charge in [0.25, 0.3) is 0 Å². The van der Waals surface area contributed by atoms with Crippen LogP contribution in [0.3, 0.4) is 0 Å². The highest BCUT2D eigenvalue weighted by molar-refractivity contribution is 7.89. The van der Waals surface area contributed by atoms with E-state index in [1.54, 1.807) is 12.1 Å². The molecule has 0 bridgehead atoms. The molecule has 5 nitrogen and oxygen atoms in total.